The molecule has 0 aromatic heterocycles. The van der Waals surface area contributed by atoms with Gasteiger partial charge >= 0.3 is 0 Å². The van der Waals surface area contributed by atoms with E-state index in [9.17, 15) is 13.9 Å². The molecule has 0 aliphatic rings. The normalized spacial score (nSPS) is 12.2. The van der Waals surface area contributed by atoms with Crippen molar-refractivity contribution in [1.29, 1.82) is 0 Å². The topological polar surface area (TPSA) is 23.5 Å². The number of aliphatic hydroxyl groups excluding tert-OH is 1. The van der Waals surface area contributed by atoms with Crippen molar-refractivity contribution in [1.82, 2.24) is 0 Å². The molecule has 0 aliphatic carbocycles. The first-order valence-electron chi connectivity index (χ1n) is 5.97. The van der Waals surface area contributed by atoms with Crippen LogP contribution < -0.4 is 4.90 Å². The summed E-state index contributed by atoms with van der Waals surface area (Å²) in [6, 6.07) is 13.2. The van der Waals surface area contributed by atoms with E-state index in [2.05, 4.69) is 0 Å². The first kappa shape index (κ1) is 13.5. The zero-order valence-corrected chi connectivity index (χ0v) is 10.6. The van der Waals surface area contributed by atoms with Crippen LogP contribution in [-0.2, 0) is 0 Å². The predicted octanol–water partition coefficient (Wildman–Crippen LogP) is 3.13. The standard InChI is InChI=1S/C15H15F2NO/c1-18(11-6-3-2-4-7-11)10-14(19)12-8-5-9-13(16)15(12)17/h2-9,14,19H,10H2,1H3. The molecule has 0 radical (unpaired) electrons. The zero-order valence-electron chi connectivity index (χ0n) is 10.6. The van der Waals surface area contributed by atoms with Gasteiger partial charge in [0.2, 0.25) is 0 Å². The molecule has 2 aromatic rings. The third kappa shape index (κ3) is 3.09. The predicted molar refractivity (Wildman–Crippen MR) is 71.0 cm³/mol. The molecule has 0 heterocycles. The van der Waals surface area contributed by atoms with Crippen molar-refractivity contribution < 1.29 is 13.9 Å². The monoisotopic (exact) mass is 263 g/mol. The summed E-state index contributed by atoms with van der Waals surface area (Å²) < 4.78 is 26.7. The van der Waals surface area contributed by atoms with E-state index in [1.807, 2.05) is 30.3 Å². The summed E-state index contributed by atoms with van der Waals surface area (Å²) in [6.45, 7) is 0.185. The van der Waals surface area contributed by atoms with Crippen LogP contribution in [0.2, 0.25) is 0 Å². The number of halogens is 2. The second-order valence-electron chi connectivity index (χ2n) is 4.37. The number of aliphatic hydroxyl groups is 1. The van der Waals surface area contributed by atoms with Gasteiger partial charge in [0.15, 0.2) is 11.6 Å². The number of rotatable bonds is 4. The van der Waals surface area contributed by atoms with E-state index >= 15 is 0 Å². The third-order valence-electron chi connectivity index (χ3n) is 2.98. The lowest BCUT2D eigenvalue weighted by Gasteiger charge is -2.23. The van der Waals surface area contributed by atoms with E-state index in [0.717, 1.165) is 11.8 Å². The van der Waals surface area contributed by atoms with Gasteiger partial charge in [0.25, 0.3) is 0 Å². The average molecular weight is 263 g/mol. The lowest BCUT2D eigenvalue weighted by Crippen LogP contribution is -2.24. The van der Waals surface area contributed by atoms with E-state index in [-0.39, 0.29) is 12.1 Å². The molecule has 0 spiro atoms. The van der Waals surface area contributed by atoms with Gasteiger partial charge in [-0.15, -0.1) is 0 Å². The van der Waals surface area contributed by atoms with Crippen LogP contribution in [0.3, 0.4) is 0 Å². The minimum Gasteiger partial charge on any atom is -0.386 e. The van der Waals surface area contributed by atoms with Gasteiger partial charge in [0.1, 0.15) is 0 Å². The van der Waals surface area contributed by atoms with Crippen molar-refractivity contribution in [3.05, 3.63) is 65.7 Å². The number of anilines is 1. The molecule has 0 aliphatic heterocycles. The highest BCUT2D eigenvalue weighted by molar-refractivity contribution is 5.45. The average Bonchev–Trinajstić information content (AvgIpc) is 2.42. The van der Waals surface area contributed by atoms with Crippen LogP contribution in [-0.4, -0.2) is 18.7 Å². The van der Waals surface area contributed by atoms with E-state index in [1.54, 1.807) is 11.9 Å². The first-order valence-corrected chi connectivity index (χ1v) is 5.97. The highest BCUT2D eigenvalue weighted by Gasteiger charge is 2.17. The fraction of sp³-hybridized carbons (Fsp3) is 0.200. The molecule has 4 heteroatoms. The minimum atomic E-state index is -1.08. The summed E-state index contributed by atoms with van der Waals surface area (Å²) in [6.07, 6.45) is -1.08. The van der Waals surface area contributed by atoms with E-state index in [0.29, 0.717) is 0 Å². The highest BCUT2D eigenvalue weighted by Crippen LogP contribution is 2.22. The second-order valence-corrected chi connectivity index (χ2v) is 4.37. The van der Waals surface area contributed by atoms with Crippen molar-refractivity contribution in [2.45, 2.75) is 6.10 Å². The van der Waals surface area contributed by atoms with Gasteiger partial charge in [-0.25, -0.2) is 8.78 Å². The molecule has 1 N–H and O–H groups in total. The second kappa shape index (κ2) is 5.80. The van der Waals surface area contributed by atoms with Gasteiger partial charge in [0, 0.05) is 24.8 Å². The molecule has 2 aromatic carbocycles. The Morgan fingerprint density at radius 3 is 2.42 bits per heavy atom. The smallest absolute Gasteiger partial charge is 0.164 e. The summed E-state index contributed by atoms with van der Waals surface area (Å²) in [4.78, 5) is 1.79. The molecular weight excluding hydrogens is 248 g/mol. The van der Waals surface area contributed by atoms with Crippen LogP contribution in [0.1, 0.15) is 11.7 Å². The lowest BCUT2D eigenvalue weighted by molar-refractivity contribution is 0.179. The van der Waals surface area contributed by atoms with Crippen LogP contribution in [0.5, 0.6) is 0 Å². The summed E-state index contributed by atoms with van der Waals surface area (Å²) in [7, 11) is 1.79. The summed E-state index contributed by atoms with van der Waals surface area (Å²) in [5, 5.41) is 10.0. The molecule has 1 unspecified atom stereocenters. The van der Waals surface area contributed by atoms with Gasteiger partial charge in [-0.2, -0.15) is 0 Å². The number of hydrogen-bond donors (Lipinski definition) is 1. The molecule has 0 amide bonds. The molecule has 19 heavy (non-hydrogen) atoms. The Balaban J connectivity index is 2.13. The van der Waals surface area contributed by atoms with Crippen molar-refractivity contribution >= 4 is 5.69 Å². The van der Waals surface area contributed by atoms with Crippen LogP contribution in [0.25, 0.3) is 0 Å². The number of benzene rings is 2. The summed E-state index contributed by atoms with van der Waals surface area (Å²) in [5.74, 6) is -1.93. The molecule has 0 saturated heterocycles. The Hall–Kier alpha value is -1.94. The van der Waals surface area contributed by atoms with Gasteiger partial charge < -0.3 is 10.0 Å². The van der Waals surface area contributed by atoms with E-state index in [1.165, 1.54) is 12.1 Å². The first-order chi connectivity index (χ1) is 9.09. The Labute approximate surface area is 110 Å². The van der Waals surface area contributed by atoms with Crippen molar-refractivity contribution in [2.75, 3.05) is 18.5 Å². The fourth-order valence-corrected chi connectivity index (χ4v) is 1.92. The van der Waals surface area contributed by atoms with Crippen LogP contribution in [0, 0.1) is 11.6 Å². The molecule has 0 bridgehead atoms. The largest absolute Gasteiger partial charge is 0.386 e. The fourth-order valence-electron chi connectivity index (χ4n) is 1.92. The maximum absolute atomic E-state index is 13.6. The van der Waals surface area contributed by atoms with Crippen LogP contribution in [0.15, 0.2) is 48.5 Å². The van der Waals surface area contributed by atoms with Gasteiger partial charge in [-0.05, 0) is 18.2 Å². The van der Waals surface area contributed by atoms with Crippen molar-refractivity contribution in [3.63, 3.8) is 0 Å². The van der Waals surface area contributed by atoms with Crippen LogP contribution in [0.4, 0.5) is 14.5 Å². The molecule has 2 rings (SSSR count). The molecule has 1 atom stereocenters. The molecule has 2 nitrogen and oxygen atoms in total. The minimum absolute atomic E-state index is 0.0252. The van der Waals surface area contributed by atoms with E-state index in [4.69, 9.17) is 0 Å². The molecule has 100 valence electrons. The summed E-state index contributed by atoms with van der Waals surface area (Å²) >= 11 is 0. The van der Waals surface area contributed by atoms with Crippen molar-refractivity contribution in [3.8, 4) is 0 Å². The van der Waals surface area contributed by atoms with Gasteiger partial charge in [-0.1, -0.05) is 30.3 Å². The quantitative estimate of drug-likeness (QED) is 0.916. The number of para-hydroxylation sites is 1. The third-order valence-corrected chi connectivity index (χ3v) is 2.98. The Morgan fingerprint density at radius 1 is 1.05 bits per heavy atom. The molecular formula is C15H15F2NO. The maximum atomic E-state index is 13.6. The zero-order chi connectivity index (χ0) is 13.8. The maximum Gasteiger partial charge on any atom is 0.164 e. The Bertz CT molecular complexity index is 545. The number of nitrogens with zero attached hydrogens (tertiary/aromatic N) is 1. The number of likely N-dealkylation sites (N-methyl/N-ethyl adjacent to an activating group) is 1. The van der Waals surface area contributed by atoms with Crippen molar-refractivity contribution in [2.24, 2.45) is 0 Å². The van der Waals surface area contributed by atoms with Gasteiger partial charge in [0.05, 0.1) is 6.10 Å². The molecule has 0 saturated carbocycles. The Morgan fingerprint density at radius 2 is 1.74 bits per heavy atom. The number of hydrogen-bond acceptors (Lipinski definition) is 2. The van der Waals surface area contributed by atoms with E-state index < -0.39 is 17.7 Å². The molecule has 0 fully saturated rings. The lowest BCUT2D eigenvalue weighted by atomic mass is 10.1. The Kier molecular flexibility index (Phi) is 4.12. The summed E-state index contributed by atoms with van der Waals surface area (Å²) in [5.41, 5.74) is 0.876. The highest BCUT2D eigenvalue weighted by atomic mass is 19.2. The van der Waals surface area contributed by atoms with Gasteiger partial charge in [-0.3, -0.25) is 0 Å². The SMILES string of the molecule is CN(CC(O)c1cccc(F)c1F)c1ccccc1. The van der Waals surface area contributed by atoms with Crippen LogP contribution >= 0.6 is 0 Å².